The van der Waals surface area contributed by atoms with Crippen molar-refractivity contribution in [3.8, 4) is 0 Å². The molecule has 0 heterocycles. The van der Waals surface area contributed by atoms with Crippen LogP contribution in [0.2, 0.25) is 0 Å². The Morgan fingerprint density at radius 3 is 1.86 bits per heavy atom. The van der Waals surface area contributed by atoms with Gasteiger partial charge in [-0.1, -0.05) is 0 Å². The smallest absolute Gasteiger partial charge is 1.00 e. The number of aliphatic hydroxyl groups excluding tert-OH is 1. The van der Waals surface area contributed by atoms with Crippen LogP contribution in [-0.4, -0.2) is 71.7 Å². The monoisotopic (exact) mass is 264 g/mol. The van der Waals surface area contributed by atoms with Crippen molar-refractivity contribution in [3.63, 3.8) is 0 Å². The van der Waals surface area contributed by atoms with Crippen LogP contribution < -0.4 is 0 Å². The molecule has 0 aromatic rings. The predicted molar refractivity (Wildman–Crippen MR) is 22.7 cm³/mol. The molecule has 0 rings (SSSR count). The van der Waals surface area contributed by atoms with Gasteiger partial charge in [0.15, 0.2) is 0 Å². The summed E-state index contributed by atoms with van der Waals surface area (Å²) in [5, 5.41) is 15.0. The van der Waals surface area contributed by atoms with Crippen LogP contribution in [0.5, 0.6) is 0 Å². The number of carboxylic acids is 1. The third-order valence-corrected chi connectivity index (χ3v) is 0.135. The second-order valence-corrected chi connectivity index (χ2v) is 0.552. The third-order valence-electron chi connectivity index (χ3n) is 0.135. The van der Waals surface area contributed by atoms with Crippen molar-refractivity contribution >= 4 is 54.9 Å². The van der Waals surface area contributed by atoms with Gasteiger partial charge in [-0.05, 0) is 0 Å². The first-order valence-corrected chi connectivity index (χ1v) is 1.10. The number of rotatable bonds is 1. The van der Waals surface area contributed by atoms with E-state index >= 15 is 0 Å². The summed E-state index contributed by atoms with van der Waals surface area (Å²) in [4.78, 5) is 9.12. The molecule has 0 saturated heterocycles. The fraction of sp³-hybridized carbons (Fsp3) is 0.500. The maximum Gasteiger partial charge on any atom is 2.00 e. The van der Waals surface area contributed by atoms with Gasteiger partial charge in [0.25, 0.3) is 0 Å². The molecule has 0 aliphatic heterocycles. The van der Waals surface area contributed by atoms with Crippen LogP contribution in [0.1, 0.15) is 2.85 Å². The van der Waals surface area contributed by atoms with Gasteiger partial charge < -0.3 is 13.1 Å². The minimum Gasteiger partial charge on any atom is -1.00 e. The molecule has 0 saturated carbocycles. The van der Waals surface area contributed by atoms with Crippen LogP contribution in [0.15, 0.2) is 0 Å². The van der Waals surface area contributed by atoms with Gasteiger partial charge >= 0.3 is 54.9 Å². The minimum absolute atomic E-state index is 0. The average Bonchev–Trinajstić information content (AvgIpc) is 1.38. The summed E-state index contributed by atoms with van der Waals surface area (Å²) in [5.41, 5.74) is 0. The van der Waals surface area contributed by atoms with Gasteiger partial charge in [0, 0.05) is 21.7 Å². The second kappa shape index (κ2) is 10.7. The molecule has 0 fully saturated rings. The zero-order valence-corrected chi connectivity index (χ0v) is 9.72. The standard InChI is InChI=1S/C2H4O3.Ba.Ti.2H/c3-1-2(4)5;;;;/h3H,1H2,(H,4,5);;;;/q;+2;;2*-1. The van der Waals surface area contributed by atoms with E-state index in [9.17, 15) is 0 Å². The maximum absolute atomic E-state index is 9.12. The first-order chi connectivity index (χ1) is 2.27. The topological polar surface area (TPSA) is 57.5 Å². The number of hydrogen-bond donors (Lipinski definition) is 2. The van der Waals surface area contributed by atoms with Gasteiger partial charge in [-0.3, -0.25) is 0 Å². The Labute approximate surface area is 99.4 Å². The van der Waals surface area contributed by atoms with Crippen molar-refractivity contribution < 1.29 is 39.6 Å². The van der Waals surface area contributed by atoms with E-state index in [0.717, 1.165) is 0 Å². The molecular formula is C2H6BaO3Ti. The summed E-state index contributed by atoms with van der Waals surface area (Å²) < 4.78 is 0. The first-order valence-electron chi connectivity index (χ1n) is 1.10. The van der Waals surface area contributed by atoms with E-state index < -0.39 is 12.6 Å². The molecule has 0 aromatic heterocycles. The summed E-state index contributed by atoms with van der Waals surface area (Å²) >= 11 is 0. The van der Waals surface area contributed by atoms with Crippen molar-refractivity contribution in [1.29, 1.82) is 0 Å². The summed E-state index contributed by atoms with van der Waals surface area (Å²) in [6.07, 6.45) is 0. The third kappa shape index (κ3) is 18.3. The van der Waals surface area contributed by atoms with Crippen molar-refractivity contribution in [3.05, 3.63) is 0 Å². The molecule has 0 aliphatic rings. The Hall–Kier alpha value is 1.72. The van der Waals surface area contributed by atoms with Gasteiger partial charge in [-0.25, -0.2) is 4.79 Å². The summed E-state index contributed by atoms with van der Waals surface area (Å²) in [5.74, 6) is -1.19. The first kappa shape index (κ1) is 15.9. The summed E-state index contributed by atoms with van der Waals surface area (Å²) in [7, 11) is 0. The van der Waals surface area contributed by atoms with Crippen LogP contribution in [0.3, 0.4) is 0 Å². The molecule has 0 spiro atoms. The Kier molecular flexibility index (Phi) is 24.2. The van der Waals surface area contributed by atoms with E-state index in [1.54, 1.807) is 0 Å². The molecule has 0 aromatic carbocycles. The number of hydrogen-bond acceptors (Lipinski definition) is 2. The van der Waals surface area contributed by atoms with Gasteiger partial charge in [0.2, 0.25) is 0 Å². The zero-order chi connectivity index (χ0) is 4.28. The molecule has 3 nitrogen and oxygen atoms in total. The van der Waals surface area contributed by atoms with E-state index in [1.807, 2.05) is 0 Å². The SMILES string of the molecule is O=C(O)CO.[Ba+2].[H-].[H-].[Ti]. The number of carbonyl (C=O) groups is 1. The maximum atomic E-state index is 9.12. The molecule has 0 atom stereocenters. The minimum atomic E-state index is -1.19. The molecule has 0 amide bonds. The number of aliphatic hydroxyl groups is 1. The van der Waals surface area contributed by atoms with Gasteiger partial charge in [0.1, 0.15) is 6.61 Å². The second-order valence-electron chi connectivity index (χ2n) is 0.552. The van der Waals surface area contributed by atoms with Crippen LogP contribution >= 0.6 is 0 Å². The Morgan fingerprint density at radius 2 is 1.86 bits per heavy atom. The van der Waals surface area contributed by atoms with E-state index in [-0.39, 0.29) is 73.5 Å². The Balaban J connectivity index is -0.0000000133. The number of aliphatic carboxylic acids is 1. The molecule has 2 N–H and O–H groups in total. The van der Waals surface area contributed by atoms with Crippen molar-refractivity contribution in [2.24, 2.45) is 0 Å². The molecule has 0 unspecified atom stereocenters. The van der Waals surface area contributed by atoms with Crippen LogP contribution in [0.25, 0.3) is 0 Å². The molecule has 7 heavy (non-hydrogen) atoms. The molecule has 0 aliphatic carbocycles. The Bertz CT molecular complexity index is 55.1. The van der Waals surface area contributed by atoms with E-state index in [0.29, 0.717) is 0 Å². The van der Waals surface area contributed by atoms with Crippen LogP contribution in [0, 0.1) is 0 Å². The molecule has 0 bridgehead atoms. The summed E-state index contributed by atoms with van der Waals surface area (Å²) in [6.45, 7) is -0.778. The molecular weight excluding hydrogens is 257 g/mol. The van der Waals surface area contributed by atoms with Gasteiger partial charge in [0.05, 0.1) is 0 Å². The quantitative estimate of drug-likeness (QED) is 0.591. The van der Waals surface area contributed by atoms with Crippen molar-refractivity contribution in [1.82, 2.24) is 0 Å². The van der Waals surface area contributed by atoms with Crippen molar-refractivity contribution in [2.75, 3.05) is 6.61 Å². The average molecular weight is 263 g/mol. The van der Waals surface area contributed by atoms with E-state index in [1.165, 1.54) is 0 Å². The van der Waals surface area contributed by atoms with Crippen LogP contribution in [-0.2, 0) is 26.5 Å². The largest absolute Gasteiger partial charge is 2.00 e. The fourth-order valence-corrected chi connectivity index (χ4v) is 0. The predicted octanol–water partition coefficient (Wildman–Crippen LogP) is -1.09. The van der Waals surface area contributed by atoms with E-state index in [2.05, 4.69) is 0 Å². The fourth-order valence-electron chi connectivity index (χ4n) is 0. The molecule has 38 valence electrons. The van der Waals surface area contributed by atoms with Gasteiger partial charge in [-0.15, -0.1) is 0 Å². The molecule has 0 radical (unpaired) electrons. The Morgan fingerprint density at radius 1 is 1.71 bits per heavy atom. The zero-order valence-electron chi connectivity index (χ0n) is 5.72. The normalized spacial score (nSPS) is 5.29. The van der Waals surface area contributed by atoms with Gasteiger partial charge in [-0.2, -0.15) is 0 Å². The summed E-state index contributed by atoms with van der Waals surface area (Å²) in [6, 6.07) is 0. The van der Waals surface area contributed by atoms with Crippen LogP contribution in [0.4, 0.5) is 0 Å². The molecule has 5 heteroatoms. The van der Waals surface area contributed by atoms with E-state index in [4.69, 9.17) is 15.0 Å². The number of carboxylic acid groups (broad SMARTS) is 1. The van der Waals surface area contributed by atoms with Crippen molar-refractivity contribution in [2.45, 2.75) is 0 Å².